The third-order valence-corrected chi connectivity index (χ3v) is 4.83. The molecular weight excluding hydrogens is 328 g/mol. The molecule has 1 aliphatic heterocycles. The lowest BCUT2D eigenvalue weighted by Gasteiger charge is -2.32. The summed E-state index contributed by atoms with van der Waals surface area (Å²) in [4.78, 5) is 26.8. The fraction of sp³-hybridized carbons (Fsp3) is 0.450. The topological polar surface area (TPSA) is 67.2 Å². The van der Waals surface area contributed by atoms with Gasteiger partial charge in [-0.2, -0.15) is 5.10 Å². The van der Waals surface area contributed by atoms with E-state index in [1.54, 1.807) is 6.20 Å². The number of nitrogens with one attached hydrogen (secondary N) is 1. The number of piperidine rings is 1. The third-order valence-electron chi connectivity index (χ3n) is 4.83. The molecular formula is C20H26N4O2. The molecule has 0 spiro atoms. The molecule has 6 heteroatoms. The van der Waals surface area contributed by atoms with E-state index in [-0.39, 0.29) is 23.8 Å². The number of nitrogens with zero attached hydrogens (tertiary/aromatic N) is 3. The van der Waals surface area contributed by atoms with Crippen LogP contribution >= 0.6 is 0 Å². The minimum atomic E-state index is -0.0177. The largest absolute Gasteiger partial charge is 0.352 e. The molecule has 0 radical (unpaired) electrons. The van der Waals surface area contributed by atoms with E-state index in [4.69, 9.17) is 0 Å². The van der Waals surface area contributed by atoms with Gasteiger partial charge in [0.15, 0.2) is 0 Å². The van der Waals surface area contributed by atoms with Crippen molar-refractivity contribution in [3.8, 4) is 0 Å². The molecule has 1 N–H and O–H groups in total. The minimum absolute atomic E-state index is 0.0177. The first-order valence-electron chi connectivity index (χ1n) is 9.21. The van der Waals surface area contributed by atoms with Crippen molar-refractivity contribution in [2.24, 2.45) is 5.92 Å². The molecule has 2 aromatic rings. The second-order valence-electron chi connectivity index (χ2n) is 6.96. The summed E-state index contributed by atoms with van der Waals surface area (Å²) in [5.41, 5.74) is 1.03. The predicted molar refractivity (Wildman–Crippen MR) is 99.3 cm³/mol. The Balaban J connectivity index is 1.42. The second-order valence-corrected chi connectivity index (χ2v) is 6.96. The van der Waals surface area contributed by atoms with Crippen LogP contribution in [0, 0.1) is 5.92 Å². The zero-order valence-electron chi connectivity index (χ0n) is 15.2. The van der Waals surface area contributed by atoms with Gasteiger partial charge in [-0.15, -0.1) is 0 Å². The van der Waals surface area contributed by atoms with Crippen LogP contribution in [0.3, 0.4) is 0 Å². The summed E-state index contributed by atoms with van der Waals surface area (Å²) in [5.74, 6) is 0.206. The van der Waals surface area contributed by atoms with Crippen molar-refractivity contribution in [1.29, 1.82) is 0 Å². The quantitative estimate of drug-likeness (QED) is 0.861. The number of aromatic nitrogens is 2. The molecule has 0 unspecified atom stereocenters. The van der Waals surface area contributed by atoms with E-state index in [2.05, 4.69) is 10.4 Å². The Morgan fingerprint density at radius 1 is 1.19 bits per heavy atom. The lowest BCUT2D eigenvalue weighted by atomic mass is 9.95. The van der Waals surface area contributed by atoms with Gasteiger partial charge in [0, 0.05) is 37.4 Å². The second kappa shape index (κ2) is 8.65. The summed E-state index contributed by atoms with van der Waals surface area (Å²) in [6, 6.07) is 11.7. The molecule has 3 rings (SSSR count). The van der Waals surface area contributed by atoms with Crippen molar-refractivity contribution in [3.63, 3.8) is 0 Å². The van der Waals surface area contributed by atoms with Crippen LogP contribution in [0.5, 0.6) is 0 Å². The van der Waals surface area contributed by atoms with E-state index in [0.717, 1.165) is 18.4 Å². The van der Waals surface area contributed by atoms with Crippen LogP contribution in [0.4, 0.5) is 0 Å². The zero-order chi connectivity index (χ0) is 18.4. The van der Waals surface area contributed by atoms with Crippen molar-refractivity contribution < 1.29 is 9.59 Å². The summed E-state index contributed by atoms with van der Waals surface area (Å²) in [5, 5.41) is 7.23. The van der Waals surface area contributed by atoms with Crippen LogP contribution < -0.4 is 5.32 Å². The zero-order valence-corrected chi connectivity index (χ0v) is 15.2. The lowest BCUT2D eigenvalue weighted by Crippen LogP contribution is -2.45. The molecule has 2 heterocycles. The highest BCUT2D eigenvalue weighted by Crippen LogP contribution is 2.18. The van der Waals surface area contributed by atoms with Crippen molar-refractivity contribution in [3.05, 3.63) is 54.4 Å². The summed E-state index contributed by atoms with van der Waals surface area (Å²) in [6.45, 7) is 3.94. The van der Waals surface area contributed by atoms with Gasteiger partial charge in [-0.1, -0.05) is 30.3 Å². The number of carbonyl (C=O) groups excluding carboxylic acids is 2. The maximum Gasteiger partial charge on any atom is 0.226 e. The number of hydrogen-bond donors (Lipinski definition) is 1. The number of carbonyl (C=O) groups is 2. The molecule has 2 amide bonds. The summed E-state index contributed by atoms with van der Waals surface area (Å²) in [6.07, 6.45) is 5.50. The normalized spacial score (nSPS) is 16.3. The molecule has 1 atom stereocenters. The maximum absolute atomic E-state index is 12.5. The van der Waals surface area contributed by atoms with E-state index in [0.29, 0.717) is 26.1 Å². The third kappa shape index (κ3) is 4.94. The fourth-order valence-corrected chi connectivity index (χ4v) is 3.37. The van der Waals surface area contributed by atoms with E-state index < -0.39 is 0 Å². The lowest BCUT2D eigenvalue weighted by molar-refractivity contribution is -0.135. The molecule has 1 aromatic heterocycles. The van der Waals surface area contributed by atoms with Gasteiger partial charge in [0.05, 0.1) is 13.0 Å². The van der Waals surface area contributed by atoms with Gasteiger partial charge >= 0.3 is 0 Å². The minimum Gasteiger partial charge on any atom is -0.352 e. The van der Waals surface area contributed by atoms with Gasteiger partial charge in [0.25, 0.3) is 0 Å². The van der Waals surface area contributed by atoms with Crippen molar-refractivity contribution >= 4 is 11.8 Å². The SMILES string of the molecule is C[C@H](Cn1cccn1)NC(=O)C1CCN(C(=O)Cc2ccccc2)CC1. The van der Waals surface area contributed by atoms with Crippen LogP contribution in [0.25, 0.3) is 0 Å². The molecule has 138 valence electrons. The van der Waals surface area contributed by atoms with Crippen LogP contribution in [0.15, 0.2) is 48.8 Å². The molecule has 26 heavy (non-hydrogen) atoms. The van der Waals surface area contributed by atoms with Gasteiger partial charge in [-0.3, -0.25) is 14.3 Å². The fourth-order valence-electron chi connectivity index (χ4n) is 3.37. The Morgan fingerprint density at radius 3 is 2.58 bits per heavy atom. The van der Waals surface area contributed by atoms with Crippen LogP contribution in [0.1, 0.15) is 25.3 Å². The summed E-state index contributed by atoms with van der Waals surface area (Å²) < 4.78 is 1.82. The van der Waals surface area contributed by atoms with Crippen molar-refractivity contribution in [2.45, 2.75) is 38.8 Å². The average Bonchev–Trinajstić information content (AvgIpc) is 3.15. The average molecular weight is 354 g/mol. The maximum atomic E-state index is 12.5. The molecule has 0 aliphatic carbocycles. The monoisotopic (exact) mass is 354 g/mol. The first kappa shape index (κ1) is 18.2. The first-order chi connectivity index (χ1) is 12.6. The van der Waals surface area contributed by atoms with Crippen LogP contribution in [-0.2, 0) is 22.6 Å². The Labute approximate surface area is 154 Å². The Hall–Kier alpha value is -2.63. The molecule has 1 fully saturated rings. The first-order valence-corrected chi connectivity index (χ1v) is 9.21. The van der Waals surface area contributed by atoms with E-state index >= 15 is 0 Å². The molecule has 6 nitrogen and oxygen atoms in total. The number of benzene rings is 1. The highest BCUT2D eigenvalue weighted by atomic mass is 16.2. The Kier molecular flexibility index (Phi) is 6.04. The smallest absolute Gasteiger partial charge is 0.226 e. The van der Waals surface area contributed by atoms with Gasteiger partial charge in [0.2, 0.25) is 11.8 Å². The summed E-state index contributed by atoms with van der Waals surface area (Å²) in [7, 11) is 0. The van der Waals surface area contributed by atoms with Crippen LogP contribution in [0.2, 0.25) is 0 Å². The van der Waals surface area contributed by atoms with E-state index in [1.807, 2.05) is 59.1 Å². The van der Waals surface area contributed by atoms with Gasteiger partial charge < -0.3 is 10.2 Å². The standard InChI is InChI=1S/C20H26N4O2/c1-16(15-24-11-5-10-21-24)22-20(26)18-8-12-23(13-9-18)19(25)14-17-6-3-2-4-7-17/h2-7,10-11,16,18H,8-9,12-15H2,1H3,(H,22,26)/t16-/m1/s1. The summed E-state index contributed by atoms with van der Waals surface area (Å²) >= 11 is 0. The highest BCUT2D eigenvalue weighted by Gasteiger charge is 2.27. The van der Waals surface area contributed by atoms with Crippen molar-refractivity contribution in [1.82, 2.24) is 20.0 Å². The molecule has 0 bridgehead atoms. The molecule has 0 saturated carbocycles. The molecule has 1 aliphatic rings. The highest BCUT2D eigenvalue weighted by molar-refractivity contribution is 5.81. The predicted octanol–water partition coefficient (Wildman–Crippen LogP) is 1.87. The van der Waals surface area contributed by atoms with Crippen molar-refractivity contribution in [2.75, 3.05) is 13.1 Å². The molecule has 1 saturated heterocycles. The van der Waals surface area contributed by atoms with Gasteiger partial charge in [0.1, 0.15) is 0 Å². The molecule has 1 aromatic carbocycles. The van der Waals surface area contributed by atoms with Gasteiger partial charge in [-0.25, -0.2) is 0 Å². The van der Waals surface area contributed by atoms with Gasteiger partial charge in [-0.05, 0) is 31.4 Å². The van der Waals surface area contributed by atoms with E-state index in [1.165, 1.54) is 0 Å². The number of hydrogen-bond acceptors (Lipinski definition) is 3. The van der Waals surface area contributed by atoms with Crippen LogP contribution in [-0.4, -0.2) is 45.6 Å². The van der Waals surface area contributed by atoms with E-state index in [9.17, 15) is 9.59 Å². The Bertz CT molecular complexity index is 707. The number of amides is 2. The Morgan fingerprint density at radius 2 is 1.92 bits per heavy atom. The number of rotatable bonds is 6. The number of likely N-dealkylation sites (tertiary alicyclic amines) is 1.